The van der Waals surface area contributed by atoms with Gasteiger partial charge in [0, 0.05) is 35.3 Å². The highest BCUT2D eigenvalue weighted by Crippen LogP contribution is 2.41. The highest BCUT2D eigenvalue weighted by Gasteiger charge is 2.22. The van der Waals surface area contributed by atoms with Gasteiger partial charge in [-0.25, -0.2) is 4.39 Å². The van der Waals surface area contributed by atoms with Crippen LogP contribution in [0.4, 0.5) is 10.1 Å². The van der Waals surface area contributed by atoms with Crippen molar-refractivity contribution in [3.05, 3.63) is 83.0 Å². The second-order valence-corrected chi connectivity index (χ2v) is 6.94. The van der Waals surface area contributed by atoms with Crippen LogP contribution < -0.4 is 10.4 Å². The number of fused-ring (bicyclic) bond motifs is 1. The molecule has 27 heavy (non-hydrogen) atoms. The highest BCUT2D eigenvalue weighted by molar-refractivity contribution is 5.98. The number of anilines is 1. The van der Waals surface area contributed by atoms with E-state index in [0.717, 1.165) is 44.5 Å². The summed E-state index contributed by atoms with van der Waals surface area (Å²) in [5, 5.41) is 2.92. The molecule has 0 amide bonds. The number of allylic oxidation sites excluding steroid dienone is 1. The van der Waals surface area contributed by atoms with Crippen LogP contribution in [0.15, 0.2) is 59.4 Å². The number of hydrogen-bond acceptors (Lipinski definition) is 3. The molecule has 140 valence electrons. The average molecular weight is 364 g/mol. The zero-order valence-corrected chi connectivity index (χ0v) is 16.5. The number of aryl methyl sites for hydroxylation is 2. The van der Waals surface area contributed by atoms with Gasteiger partial charge in [-0.15, -0.1) is 0 Å². The van der Waals surface area contributed by atoms with Crippen molar-refractivity contribution in [2.45, 2.75) is 27.7 Å². The van der Waals surface area contributed by atoms with Gasteiger partial charge in [-0.2, -0.15) is 0 Å². The van der Waals surface area contributed by atoms with Gasteiger partial charge in [-0.05, 0) is 51.0 Å². The lowest BCUT2D eigenvalue weighted by Crippen LogP contribution is -2.31. The standard InChI is InChI=1S/C23H25FN2O/c1-7-25-26(6)22-16(5)23-18(15(4)13-27-23)12-19(22)21(14(2)3)17-10-8-9-11-20(17)24/h7-13,25H,1H2,2-6H3. The zero-order chi connectivity index (χ0) is 19.7. The van der Waals surface area contributed by atoms with Crippen LogP contribution in [0.2, 0.25) is 0 Å². The maximum absolute atomic E-state index is 14.7. The predicted octanol–water partition coefficient (Wildman–Crippen LogP) is 6.11. The van der Waals surface area contributed by atoms with E-state index in [-0.39, 0.29) is 5.82 Å². The van der Waals surface area contributed by atoms with Crippen LogP contribution in [0, 0.1) is 19.7 Å². The van der Waals surface area contributed by atoms with E-state index >= 15 is 0 Å². The summed E-state index contributed by atoms with van der Waals surface area (Å²) < 4.78 is 20.5. The van der Waals surface area contributed by atoms with Crippen LogP contribution in [0.3, 0.4) is 0 Å². The summed E-state index contributed by atoms with van der Waals surface area (Å²) in [5.41, 5.74) is 10.4. The van der Waals surface area contributed by atoms with Gasteiger partial charge in [0.25, 0.3) is 0 Å². The predicted molar refractivity (Wildman–Crippen MR) is 111 cm³/mol. The number of furan rings is 1. The quantitative estimate of drug-likeness (QED) is 0.553. The fourth-order valence-corrected chi connectivity index (χ4v) is 3.62. The lowest BCUT2D eigenvalue weighted by Gasteiger charge is -2.26. The Balaban J connectivity index is 2.42. The number of nitrogens with zero attached hydrogens (tertiary/aromatic N) is 1. The first-order valence-corrected chi connectivity index (χ1v) is 8.91. The van der Waals surface area contributed by atoms with Crippen molar-refractivity contribution < 1.29 is 8.81 Å². The second-order valence-electron chi connectivity index (χ2n) is 6.94. The van der Waals surface area contributed by atoms with Gasteiger partial charge in [0.1, 0.15) is 11.4 Å². The van der Waals surface area contributed by atoms with Gasteiger partial charge in [-0.3, -0.25) is 5.01 Å². The van der Waals surface area contributed by atoms with Gasteiger partial charge in [-0.1, -0.05) is 30.4 Å². The molecule has 0 saturated heterocycles. The molecule has 0 aliphatic rings. The minimum Gasteiger partial charge on any atom is -0.464 e. The molecule has 0 spiro atoms. The molecule has 1 N–H and O–H groups in total. The number of rotatable bonds is 5. The van der Waals surface area contributed by atoms with Crippen molar-refractivity contribution in [1.82, 2.24) is 5.43 Å². The molecule has 2 aromatic carbocycles. The molecule has 0 atom stereocenters. The highest BCUT2D eigenvalue weighted by atomic mass is 19.1. The minimum atomic E-state index is -0.236. The smallest absolute Gasteiger partial charge is 0.139 e. The SMILES string of the molecule is C=CNN(C)c1c(C(=C(C)C)c2ccccc2F)cc2c(C)coc2c1C. The van der Waals surface area contributed by atoms with Crippen molar-refractivity contribution in [1.29, 1.82) is 0 Å². The average Bonchev–Trinajstić information content (AvgIpc) is 2.98. The third-order valence-electron chi connectivity index (χ3n) is 4.80. The van der Waals surface area contributed by atoms with E-state index < -0.39 is 0 Å². The van der Waals surface area contributed by atoms with E-state index in [9.17, 15) is 4.39 Å². The molecular formula is C23H25FN2O. The maximum Gasteiger partial charge on any atom is 0.139 e. The van der Waals surface area contributed by atoms with Crippen molar-refractivity contribution in [2.24, 2.45) is 0 Å². The first-order chi connectivity index (χ1) is 12.9. The summed E-state index contributed by atoms with van der Waals surface area (Å²) in [6.07, 6.45) is 3.38. The molecule has 3 aromatic rings. The number of nitrogens with one attached hydrogen (secondary N) is 1. The van der Waals surface area contributed by atoms with Crippen LogP contribution in [0.1, 0.15) is 36.1 Å². The Bertz CT molecular complexity index is 1040. The Morgan fingerprint density at radius 3 is 2.52 bits per heavy atom. The van der Waals surface area contributed by atoms with Gasteiger partial charge in [0.2, 0.25) is 0 Å². The Morgan fingerprint density at radius 1 is 1.19 bits per heavy atom. The minimum absolute atomic E-state index is 0.236. The molecule has 0 unspecified atom stereocenters. The Kier molecular flexibility index (Phi) is 5.08. The van der Waals surface area contributed by atoms with Crippen LogP contribution >= 0.6 is 0 Å². The first-order valence-electron chi connectivity index (χ1n) is 8.91. The maximum atomic E-state index is 14.7. The molecular weight excluding hydrogens is 339 g/mol. The van der Waals surface area contributed by atoms with E-state index in [4.69, 9.17) is 4.42 Å². The van der Waals surface area contributed by atoms with Gasteiger partial charge < -0.3 is 9.84 Å². The first kappa shape index (κ1) is 18.8. The topological polar surface area (TPSA) is 28.4 Å². The van der Waals surface area contributed by atoms with Gasteiger partial charge in [0.15, 0.2) is 0 Å². The molecule has 3 rings (SSSR count). The molecule has 0 fully saturated rings. The zero-order valence-electron chi connectivity index (χ0n) is 16.5. The lowest BCUT2D eigenvalue weighted by molar-refractivity contribution is 0.610. The van der Waals surface area contributed by atoms with E-state index in [1.165, 1.54) is 6.07 Å². The monoisotopic (exact) mass is 364 g/mol. The van der Waals surface area contributed by atoms with Crippen molar-refractivity contribution in [3.8, 4) is 0 Å². The molecule has 1 aromatic heterocycles. The number of halogens is 1. The summed E-state index contributed by atoms with van der Waals surface area (Å²) >= 11 is 0. The van der Waals surface area contributed by atoms with Crippen LogP contribution in [0.5, 0.6) is 0 Å². The van der Waals surface area contributed by atoms with E-state index in [2.05, 4.69) is 18.1 Å². The van der Waals surface area contributed by atoms with Crippen LogP contribution in [0.25, 0.3) is 16.5 Å². The fourth-order valence-electron chi connectivity index (χ4n) is 3.62. The Hall–Kier alpha value is -3.01. The Labute approximate surface area is 159 Å². The van der Waals surface area contributed by atoms with Crippen LogP contribution in [-0.4, -0.2) is 7.05 Å². The molecule has 0 radical (unpaired) electrons. The summed E-state index contributed by atoms with van der Waals surface area (Å²) in [6.45, 7) is 11.8. The molecule has 3 nitrogen and oxygen atoms in total. The third-order valence-corrected chi connectivity index (χ3v) is 4.80. The van der Waals surface area contributed by atoms with Crippen molar-refractivity contribution >= 4 is 22.2 Å². The molecule has 0 saturated carbocycles. The second kappa shape index (κ2) is 7.31. The van der Waals surface area contributed by atoms with Gasteiger partial charge >= 0.3 is 0 Å². The lowest BCUT2D eigenvalue weighted by atomic mass is 9.89. The number of hydrazine groups is 1. The summed E-state index contributed by atoms with van der Waals surface area (Å²) in [5.74, 6) is -0.236. The molecule has 0 bridgehead atoms. The molecule has 4 heteroatoms. The van der Waals surface area contributed by atoms with Crippen LogP contribution in [-0.2, 0) is 0 Å². The summed E-state index contributed by atoms with van der Waals surface area (Å²) in [6, 6.07) is 8.98. The van der Waals surface area contributed by atoms with E-state index in [0.29, 0.717) is 5.56 Å². The summed E-state index contributed by atoms with van der Waals surface area (Å²) in [7, 11) is 1.92. The largest absolute Gasteiger partial charge is 0.464 e. The van der Waals surface area contributed by atoms with E-state index in [1.807, 2.05) is 51.9 Å². The van der Waals surface area contributed by atoms with Crippen molar-refractivity contribution in [2.75, 3.05) is 12.1 Å². The molecule has 0 aliphatic carbocycles. The third kappa shape index (κ3) is 3.23. The fraction of sp³-hybridized carbons (Fsp3) is 0.217. The molecule has 1 heterocycles. The normalized spacial score (nSPS) is 10.7. The molecule has 0 aliphatic heterocycles. The number of benzene rings is 2. The van der Waals surface area contributed by atoms with Gasteiger partial charge in [0.05, 0.1) is 12.0 Å². The van der Waals surface area contributed by atoms with Crippen molar-refractivity contribution in [3.63, 3.8) is 0 Å². The Morgan fingerprint density at radius 2 is 1.89 bits per heavy atom. The number of hydrogen-bond donors (Lipinski definition) is 1. The van der Waals surface area contributed by atoms with E-state index in [1.54, 1.807) is 18.5 Å². The summed E-state index contributed by atoms with van der Waals surface area (Å²) in [4.78, 5) is 0.